The minimum Gasteiger partial charge on any atom is -0.384 e. The third kappa shape index (κ3) is 4.24. The molecule has 0 amide bonds. The predicted molar refractivity (Wildman–Crippen MR) is 60.8 cm³/mol. The number of hydrogen-bond acceptors (Lipinski definition) is 5. The lowest BCUT2D eigenvalue weighted by atomic mass is 10.2. The number of tetrazole rings is 1. The molecule has 16 heavy (non-hydrogen) atoms. The molecule has 1 N–H and O–H groups in total. The maximum absolute atomic E-state index is 5.09. The highest BCUT2D eigenvalue weighted by Crippen LogP contribution is 2.02. The molecule has 1 aromatic rings. The second-order valence-electron chi connectivity index (χ2n) is 4.37. The van der Waals surface area contributed by atoms with E-state index in [1.807, 2.05) is 4.68 Å². The molecule has 0 saturated carbocycles. The first-order valence-corrected chi connectivity index (χ1v) is 5.60. The normalized spacial score (nSPS) is 13.3. The molecule has 92 valence electrons. The van der Waals surface area contributed by atoms with Gasteiger partial charge in [-0.1, -0.05) is 20.8 Å². The van der Waals surface area contributed by atoms with E-state index >= 15 is 0 Å². The maximum atomic E-state index is 5.09. The molecule has 1 rings (SSSR count). The minimum atomic E-state index is 0.409. The third-order valence-corrected chi connectivity index (χ3v) is 2.21. The first-order chi connectivity index (χ1) is 7.63. The minimum absolute atomic E-state index is 0.409. The summed E-state index contributed by atoms with van der Waals surface area (Å²) in [5.41, 5.74) is 0. The second-order valence-corrected chi connectivity index (χ2v) is 4.37. The molecule has 0 radical (unpaired) electrons. The van der Waals surface area contributed by atoms with Gasteiger partial charge < -0.3 is 10.1 Å². The van der Waals surface area contributed by atoms with Gasteiger partial charge in [-0.15, -0.1) is 5.10 Å². The van der Waals surface area contributed by atoms with Crippen molar-refractivity contribution < 1.29 is 4.74 Å². The second kappa shape index (κ2) is 6.55. The Balaban J connectivity index is 2.49. The lowest BCUT2D eigenvalue weighted by Gasteiger charge is -2.12. The van der Waals surface area contributed by atoms with Crippen molar-refractivity contribution in [3.8, 4) is 0 Å². The number of rotatable bonds is 7. The van der Waals surface area contributed by atoms with Crippen molar-refractivity contribution in [3.63, 3.8) is 0 Å². The fourth-order valence-electron chi connectivity index (χ4n) is 1.42. The van der Waals surface area contributed by atoms with Crippen molar-refractivity contribution in [2.45, 2.75) is 39.9 Å². The number of aromatic nitrogens is 4. The topological polar surface area (TPSA) is 64.9 Å². The Bertz CT molecular complexity index is 299. The van der Waals surface area contributed by atoms with E-state index in [-0.39, 0.29) is 0 Å². The van der Waals surface area contributed by atoms with Gasteiger partial charge in [-0.25, -0.2) is 4.68 Å². The summed E-state index contributed by atoms with van der Waals surface area (Å²) in [6.07, 6.45) is 0. The van der Waals surface area contributed by atoms with Crippen LogP contribution in [0.15, 0.2) is 0 Å². The summed E-state index contributed by atoms with van der Waals surface area (Å²) in [6, 6.07) is 0.432. The maximum Gasteiger partial charge on any atom is 0.165 e. The zero-order valence-electron chi connectivity index (χ0n) is 10.5. The molecule has 0 bridgehead atoms. The van der Waals surface area contributed by atoms with Crippen molar-refractivity contribution in [2.24, 2.45) is 5.92 Å². The molecular formula is C10H21N5O. The van der Waals surface area contributed by atoms with Crippen LogP contribution in [-0.4, -0.2) is 40.0 Å². The van der Waals surface area contributed by atoms with Gasteiger partial charge in [0.05, 0.1) is 13.2 Å². The van der Waals surface area contributed by atoms with Crippen LogP contribution in [0.2, 0.25) is 0 Å². The van der Waals surface area contributed by atoms with Gasteiger partial charge in [0.25, 0.3) is 0 Å². The van der Waals surface area contributed by atoms with Gasteiger partial charge in [0, 0.05) is 19.7 Å². The molecule has 1 unspecified atom stereocenters. The van der Waals surface area contributed by atoms with Crippen LogP contribution < -0.4 is 5.32 Å². The van der Waals surface area contributed by atoms with Gasteiger partial charge in [0.1, 0.15) is 0 Å². The molecular weight excluding hydrogens is 206 g/mol. The summed E-state index contributed by atoms with van der Waals surface area (Å²) in [6.45, 7) is 8.52. The van der Waals surface area contributed by atoms with Crippen LogP contribution >= 0.6 is 0 Å². The molecule has 6 nitrogen and oxygen atoms in total. The van der Waals surface area contributed by atoms with Crippen LogP contribution in [0.3, 0.4) is 0 Å². The monoisotopic (exact) mass is 227 g/mol. The first kappa shape index (κ1) is 13.1. The first-order valence-electron chi connectivity index (χ1n) is 5.60. The highest BCUT2D eigenvalue weighted by Gasteiger charge is 2.10. The zero-order chi connectivity index (χ0) is 12.0. The van der Waals surface area contributed by atoms with Crippen molar-refractivity contribution >= 4 is 0 Å². The van der Waals surface area contributed by atoms with Gasteiger partial charge in [0.2, 0.25) is 0 Å². The largest absolute Gasteiger partial charge is 0.384 e. The molecule has 0 aliphatic rings. The number of ether oxygens (including phenoxy) is 1. The van der Waals surface area contributed by atoms with Crippen LogP contribution in [0.5, 0.6) is 0 Å². The highest BCUT2D eigenvalue weighted by atomic mass is 16.5. The van der Waals surface area contributed by atoms with Crippen molar-refractivity contribution in [2.75, 3.05) is 13.7 Å². The molecule has 1 atom stereocenters. The molecule has 0 fully saturated rings. The van der Waals surface area contributed by atoms with Crippen molar-refractivity contribution in [3.05, 3.63) is 5.82 Å². The molecule has 0 spiro atoms. The van der Waals surface area contributed by atoms with Crippen LogP contribution in [0, 0.1) is 5.92 Å². The van der Waals surface area contributed by atoms with Crippen molar-refractivity contribution in [1.29, 1.82) is 0 Å². The molecule has 0 aliphatic carbocycles. The summed E-state index contributed by atoms with van der Waals surface area (Å²) in [5, 5.41) is 15.0. The van der Waals surface area contributed by atoms with Gasteiger partial charge in [0.15, 0.2) is 5.82 Å². The van der Waals surface area contributed by atoms with E-state index in [0.29, 0.717) is 18.5 Å². The Morgan fingerprint density at radius 2 is 2.12 bits per heavy atom. The molecule has 1 aromatic heterocycles. The van der Waals surface area contributed by atoms with Gasteiger partial charge in [-0.3, -0.25) is 0 Å². The molecule has 0 aliphatic heterocycles. The SMILES string of the molecule is COCC(C)Cn1nnnc1CNC(C)C. The van der Waals surface area contributed by atoms with E-state index in [1.54, 1.807) is 7.11 Å². The van der Waals surface area contributed by atoms with E-state index < -0.39 is 0 Å². The van der Waals surface area contributed by atoms with Crippen LogP contribution in [-0.2, 0) is 17.8 Å². The average Bonchev–Trinajstić information content (AvgIpc) is 2.62. The van der Waals surface area contributed by atoms with E-state index in [9.17, 15) is 0 Å². The number of methoxy groups -OCH3 is 1. The average molecular weight is 227 g/mol. The van der Waals surface area contributed by atoms with E-state index in [4.69, 9.17) is 4.74 Å². The number of nitrogens with zero attached hydrogens (tertiary/aromatic N) is 4. The summed E-state index contributed by atoms with van der Waals surface area (Å²) < 4.78 is 6.93. The molecule has 1 heterocycles. The third-order valence-electron chi connectivity index (χ3n) is 2.21. The summed E-state index contributed by atoms with van der Waals surface area (Å²) in [7, 11) is 1.71. The van der Waals surface area contributed by atoms with Crippen molar-refractivity contribution in [1.82, 2.24) is 25.5 Å². The van der Waals surface area contributed by atoms with Crippen LogP contribution in [0.4, 0.5) is 0 Å². The fourth-order valence-corrected chi connectivity index (χ4v) is 1.42. The fraction of sp³-hybridized carbons (Fsp3) is 0.900. The molecule has 0 aromatic carbocycles. The Hall–Kier alpha value is -1.01. The summed E-state index contributed by atoms with van der Waals surface area (Å²) >= 11 is 0. The Kier molecular flexibility index (Phi) is 5.34. The lowest BCUT2D eigenvalue weighted by Crippen LogP contribution is -2.25. The standard InChI is InChI=1S/C10H21N5O/c1-8(2)11-5-10-12-13-14-15(10)6-9(3)7-16-4/h8-9,11H,5-7H2,1-4H3. The van der Waals surface area contributed by atoms with E-state index in [0.717, 1.165) is 19.0 Å². The van der Waals surface area contributed by atoms with Gasteiger partial charge >= 0.3 is 0 Å². The quantitative estimate of drug-likeness (QED) is 0.733. The van der Waals surface area contributed by atoms with E-state index in [1.165, 1.54) is 0 Å². The highest BCUT2D eigenvalue weighted by molar-refractivity contribution is 4.80. The Morgan fingerprint density at radius 1 is 1.38 bits per heavy atom. The number of nitrogens with one attached hydrogen (secondary N) is 1. The van der Waals surface area contributed by atoms with Gasteiger partial charge in [-0.05, 0) is 16.3 Å². The predicted octanol–water partition coefficient (Wildman–Crippen LogP) is 0.454. The van der Waals surface area contributed by atoms with Crippen LogP contribution in [0.1, 0.15) is 26.6 Å². The van der Waals surface area contributed by atoms with E-state index in [2.05, 4.69) is 41.6 Å². The lowest BCUT2D eigenvalue weighted by molar-refractivity contribution is 0.148. The number of hydrogen-bond donors (Lipinski definition) is 1. The van der Waals surface area contributed by atoms with Gasteiger partial charge in [-0.2, -0.15) is 0 Å². The summed E-state index contributed by atoms with van der Waals surface area (Å²) in [5.74, 6) is 1.28. The molecule has 6 heteroatoms. The molecule has 0 saturated heterocycles. The zero-order valence-corrected chi connectivity index (χ0v) is 10.5. The Morgan fingerprint density at radius 3 is 2.75 bits per heavy atom. The van der Waals surface area contributed by atoms with Crippen LogP contribution in [0.25, 0.3) is 0 Å². The Labute approximate surface area is 96.4 Å². The smallest absolute Gasteiger partial charge is 0.165 e. The summed E-state index contributed by atoms with van der Waals surface area (Å²) in [4.78, 5) is 0.